The van der Waals surface area contributed by atoms with Crippen molar-refractivity contribution >= 4 is 19.7 Å². The number of aliphatic hydroxyl groups excluding tert-OH is 1. The van der Waals surface area contributed by atoms with E-state index in [-0.39, 0.29) is 32.1 Å². The zero-order valence-corrected chi connectivity index (χ0v) is 24.4. The summed E-state index contributed by atoms with van der Waals surface area (Å²) < 4.78 is 26.0. The van der Waals surface area contributed by atoms with Gasteiger partial charge < -0.3 is 20.1 Å². The molecule has 0 saturated carbocycles. The Bertz CT molecular complexity index is 835. The van der Waals surface area contributed by atoms with Crippen molar-refractivity contribution in [3.63, 3.8) is 0 Å². The van der Waals surface area contributed by atoms with Crippen LogP contribution in [0, 0.1) is 0 Å². The molecule has 0 heterocycles. The minimum Gasteiger partial charge on any atom is -0.463 e. The lowest BCUT2D eigenvalue weighted by molar-refractivity contribution is -0.147. The maximum Gasteiger partial charge on any atom is 0.472 e. The summed E-state index contributed by atoms with van der Waals surface area (Å²) in [5, 5.41) is 12.3. The van der Waals surface area contributed by atoms with E-state index in [4.69, 9.17) is 9.26 Å². The van der Waals surface area contributed by atoms with Crippen LogP contribution in [-0.2, 0) is 27.9 Å². The summed E-state index contributed by atoms with van der Waals surface area (Å²) in [6.45, 7) is 2.90. The molecule has 10 heteroatoms. The third-order valence-corrected chi connectivity index (χ3v) is 5.92. The van der Waals surface area contributed by atoms with Crippen molar-refractivity contribution in [2.24, 2.45) is 0 Å². The number of hydrogen-bond acceptors (Lipinski definition) is 7. The highest BCUT2D eigenvalue weighted by Crippen LogP contribution is 2.42. The number of phosphoric acid groups is 1. The summed E-state index contributed by atoms with van der Waals surface area (Å²) in [7, 11) is -4.40. The van der Waals surface area contributed by atoms with Gasteiger partial charge in [-0.05, 0) is 51.4 Å². The minimum absolute atomic E-state index is 0.0472. The maximum absolute atomic E-state index is 11.9. The van der Waals surface area contributed by atoms with E-state index in [1.165, 1.54) is 0 Å². The number of aliphatic hydroxyl groups is 1. The van der Waals surface area contributed by atoms with E-state index >= 15 is 0 Å². The Hall–Kier alpha value is -2.29. The molecule has 222 valence electrons. The van der Waals surface area contributed by atoms with Crippen LogP contribution in [0.1, 0.15) is 78.1 Å². The van der Waals surface area contributed by atoms with Gasteiger partial charge in [0.05, 0.1) is 13.2 Å². The van der Waals surface area contributed by atoms with E-state index in [1.807, 2.05) is 13.0 Å². The molecule has 9 nitrogen and oxygen atoms in total. The van der Waals surface area contributed by atoms with Crippen LogP contribution in [0.25, 0.3) is 0 Å². The number of phosphoric ester groups is 1. The van der Waals surface area contributed by atoms with Crippen molar-refractivity contribution in [1.82, 2.24) is 5.32 Å². The van der Waals surface area contributed by atoms with Crippen molar-refractivity contribution in [3.05, 3.63) is 60.8 Å². The van der Waals surface area contributed by atoms with Gasteiger partial charge in [-0.3, -0.25) is 18.6 Å². The fraction of sp³-hybridized carbons (Fsp3) is 0.586. The van der Waals surface area contributed by atoms with Crippen LogP contribution in [-0.4, -0.2) is 54.3 Å². The second kappa shape index (κ2) is 26.0. The first-order valence-corrected chi connectivity index (χ1v) is 15.3. The van der Waals surface area contributed by atoms with Gasteiger partial charge in [-0.15, -0.1) is 0 Å². The average molecular weight is 570 g/mol. The molecule has 0 rings (SSSR count). The summed E-state index contributed by atoms with van der Waals surface area (Å²) in [5.74, 6) is -0.641. The Morgan fingerprint density at radius 3 is 1.95 bits per heavy atom. The van der Waals surface area contributed by atoms with Crippen molar-refractivity contribution in [2.45, 2.75) is 84.2 Å². The third kappa shape index (κ3) is 27.1. The van der Waals surface area contributed by atoms with Gasteiger partial charge in [-0.2, -0.15) is 0 Å². The lowest BCUT2D eigenvalue weighted by Gasteiger charge is -2.15. The molecular weight excluding hydrogens is 521 g/mol. The van der Waals surface area contributed by atoms with Crippen LogP contribution in [0.15, 0.2) is 60.8 Å². The van der Waals surface area contributed by atoms with E-state index in [0.29, 0.717) is 19.3 Å². The molecule has 0 radical (unpaired) electrons. The van der Waals surface area contributed by atoms with Crippen LogP contribution < -0.4 is 5.32 Å². The summed E-state index contributed by atoms with van der Waals surface area (Å²) >= 11 is 0. The zero-order valence-electron chi connectivity index (χ0n) is 23.5. The first kappa shape index (κ1) is 36.7. The minimum atomic E-state index is -4.40. The molecule has 0 bridgehead atoms. The van der Waals surface area contributed by atoms with Gasteiger partial charge in [0.25, 0.3) is 0 Å². The van der Waals surface area contributed by atoms with Gasteiger partial charge in [-0.25, -0.2) is 4.57 Å². The molecule has 0 aliphatic rings. The number of unbranched alkanes of at least 4 members (excludes halogenated alkanes) is 1. The number of ether oxygens (including phenoxy) is 1. The number of carbonyl (C=O) groups is 2. The Balaban J connectivity index is 3.75. The first-order valence-electron chi connectivity index (χ1n) is 13.8. The maximum atomic E-state index is 11.9. The highest BCUT2D eigenvalue weighted by molar-refractivity contribution is 7.47. The van der Waals surface area contributed by atoms with Crippen LogP contribution in [0.4, 0.5) is 0 Å². The number of allylic oxidation sites excluding steroid dienone is 10. The topological polar surface area (TPSA) is 131 Å². The van der Waals surface area contributed by atoms with Gasteiger partial charge in [0.2, 0.25) is 5.91 Å². The highest BCUT2D eigenvalue weighted by atomic mass is 31.2. The Labute approximate surface area is 234 Å². The molecule has 1 amide bonds. The van der Waals surface area contributed by atoms with Crippen LogP contribution in [0.5, 0.6) is 0 Å². The molecule has 0 aromatic heterocycles. The number of rotatable bonds is 24. The van der Waals surface area contributed by atoms with Crippen LogP contribution in [0.3, 0.4) is 0 Å². The normalized spacial score (nSPS) is 14.7. The fourth-order valence-corrected chi connectivity index (χ4v) is 3.68. The molecule has 0 saturated heterocycles. The van der Waals surface area contributed by atoms with Gasteiger partial charge in [0.1, 0.15) is 12.7 Å². The van der Waals surface area contributed by atoms with Gasteiger partial charge in [-0.1, -0.05) is 74.6 Å². The summed E-state index contributed by atoms with van der Waals surface area (Å²) in [5.41, 5.74) is 0. The molecule has 39 heavy (non-hydrogen) atoms. The lowest BCUT2D eigenvalue weighted by atomic mass is 10.2. The molecule has 0 fully saturated rings. The molecule has 3 N–H and O–H groups in total. The third-order valence-electron chi connectivity index (χ3n) is 4.93. The predicted octanol–water partition coefficient (Wildman–Crippen LogP) is 5.86. The van der Waals surface area contributed by atoms with Crippen LogP contribution >= 0.6 is 7.82 Å². The fourth-order valence-electron chi connectivity index (χ4n) is 2.92. The first-order chi connectivity index (χ1) is 18.8. The quantitative estimate of drug-likeness (QED) is 0.0570. The molecule has 0 spiro atoms. The molecule has 0 aliphatic heterocycles. The standard InChI is InChI=1S/C29H48NO8P/c1-3-5-6-7-8-9-10-11-12-13-14-15-16-17-18-19-20-22-28(32)30-23-24-37-39(34,35)38-26-27(31)25-36-29(33)21-4-2/h5-6,8-9,11-12,14-15,17-18,27,31H,3-4,7,10,13,16,19-26H2,1-2H3,(H,30,32)(H,34,35)/b6-5-,9-8-,12-11-,15-14-,18-17-. The van der Waals surface area contributed by atoms with Crippen molar-refractivity contribution in [2.75, 3.05) is 26.4 Å². The molecule has 0 aliphatic carbocycles. The van der Waals surface area contributed by atoms with Crippen molar-refractivity contribution in [3.8, 4) is 0 Å². The second-order valence-corrected chi connectivity index (χ2v) is 10.1. The molecule has 0 aromatic rings. The zero-order chi connectivity index (χ0) is 29.0. The van der Waals surface area contributed by atoms with E-state index < -0.39 is 26.5 Å². The van der Waals surface area contributed by atoms with E-state index in [1.54, 1.807) is 0 Å². The molecule has 2 unspecified atom stereocenters. The summed E-state index contributed by atoms with van der Waals surface area (Å²) in [6, 6.07) is 0. The SMILES string of the molecule is CC/C=C\C/C=C\C/C=C\C/C=C\C/C=C\CCCC(=O)NCCOP(=O)(O)OCC(O)COC(=O)CCC. The molecule has 2 atom stereocenters. The molecule has 0 aromatic carbocycles. The summed E-state index contributed by atoms with van der Waals surface area (Å²) in [6.07, 6.45) is 27.6. The van der Waals surface area contributed by atoms with Gasteiger partial charge in [0.15, 0.2) is 0 Å². The van der Waals surface area contributed by atoms with E-state index in [2.05, 4.69) is 71.4 Å². The number of esters is 1. The Morgan fingerprint density at radius 2 is 1.38 bits per heavy atom. The second-order valence-electron chi connectivity index (χ2n) is 8.63. The number of nitrogens with one attached hydrogen (secondary N) is 1. The molecular formula is C29H48NO8P. The van der Waals surface area contributed by atoms with E-state index in [9.17, 15) is 24.2 Å². The number of amides is 1. The monoisotopic (exact) mass is 569 g/mol. The van der Waals surface area contributed by atoms with Gasteiger partial charge in [0, 0.05) is 19.4 Å². The lowest BCUT2D eigenvalue weighted by Crippen LogP contribution is -2.27. The largest absolute Gasteiger partial charge is 0.472 e. The summed E-state index contributed by atoms with van der Waals surface area (Å²) in [4.78, 5) is 32.7. The van der Waals surface area contributed by atoms with Crippen molar-refractivity contribution < 1.29 is 37.9 Å². The van der Waals surface area contributed by atoms with Crippen molar-refractivity contribution in [1.29, 1.82) is 0 Å². The Kier molecular flexibility index (Phi) is 24.4. The average Bonchev–Trinajstić information content (AvgIpc) is 2.90. The van der Waals surface area contributed by atoms with Gasteiger partial charge >= 0.3 is 13.8 Å². The van der Waals surface area contributed by atoms with E-state index in [0.717, 1.165) is 38.5 Å². The smallest absolute Gasteiger partial charge is 0.463 e. The highest BCUT2D eigenvalue weighted by Gasteiger charge is 2.23. The Morgan fingerprint density at radius 1 is 0.821 bits per heavy atom. The number of carbonyl (C=O) groups excluding carboxylic acids is 2. The number of hydrogen-bond donors (Lipinski definition) is 3. The predicted molar refractivity (Wildman–Crippen MR) is 155 cm³/mol. The van der Waals surface area contributed by atoms with Crippen LogP contribution in [0.2, 0.25) is 0 Å².